The summed E-state index contributed by atoms with van der Waals surface area (Å²) in [4.78, 5) is 0. The summed E-state index contributed by atoms with van der Waals surface area (Å²) in [5.41, 5.74) is 28.1. The first-order valence-corrected chi connectivity index (χ1v) is 24.7. The van der Waals surface area contributed by atoms with Crippen LogP contribution in [0.25, 0.3) is 111 Å². The third-order valence-electron chi connectivity index (χ3n) is 18.2. The molecule has 0 bridgehead atoms. The Hall–Kier alpha value is -9.14. The molecule has 2 spiro atoms. The minimum Gasteiger partial charge on any atom is -0.201 e. The van der Waals surface area contributed by atoms with E-state index >= 15 is 0 Å². The number of hydrogen-bond donors (Lipinski definition) is 0. The van der Waals surface area contributed by atoms with Crippen LogP contribution in [0.4, 0.5) is 0 Å². The molecular weight excluding hydrogens is 857 g/mol. The number of hydrogen-bond acceptors (Lipinski definition) is 0. The molecule has 0 radical (unpaired) electrons. The number of nitrogens with zero attached hydrogens (tertiary/aromatic N) is 8. The highest BCUT2D eigenvalue weighted by molar-refractivity contribution is 6.01. The van der Waals surface area contributed by atoms with Crippen LogP contribution >= 0.6 is 0 Å². The zero-order valence-corrected chi connectivity index (χ0v) is 37.2. The number of pyridine rings is 4. The number of benzene rings is 5. The van der Waals surface area contributed by atoms with Gasteiger partial charge in [0.15, 0.2) is 0 Å². The van der Waals surface area contributed by atoms with E-state index in [2.05, 4.69) is 231 Å². The second-order valence-electron chi connectivity index (χ2n) is 20.9. The Balaban J connectivity index is 0.846. The molecular formula is C62H34N8+4. The van der Waals surface area contributed by atoms with Gasteiger partial charge in [0.05, 0.1) is 56.2 Å². The van der Waals surface area contributed by atoms with Crippen LogP contribution in [0.1, 0.15) is 45.7 Å². The second-order valence-corrected chi connectivity index (χ2v) is 20.9. The molecule has 16 heterocycles. The van der Waals surface area contributed by atoms with Crippen molar-refractivity contribution in [1.82, 2.24) is 18.3 Å². The molecule has 8 aliphatic rings. The van der Waals surface area contributed by atoms with Crippen molar-refractivity contribution in [2.75, 3.05) is 0 Å². The molecule has 5 aromatic carbocycles. The van der Waals surface area contributed by atoms with E-state index < -0.39 is 11.8 Å². The lowest BCUT2D eigenvalue weighted by Gasteiger charge is -2.39. The summed E-state index contributed by atoms with van der Waals surface area (Å²) in [5.74, 6) is -1.42. The van der Waals surface area contributed by atoms with Gasteiger partial charge in [-0.2, -0.15) is 0 Å². The molecule has 0 saturated heterocycles. The summed E-state index contributed by atoms with van der Waals surface area (Å²) < 4.78 is 21.5. The fourth-order valence-electron chi connectivity index (χ4n) is 16.1. The summed E-state index contributed by atoms with van der Waals surface area (Å²) >= 11 is 0. The SMILES string of the molecule is c1cc2[n+]3c(c1)-c1cccc4[n+]1C31n3c(cc5cccc-2c53)C(c2ccc(C3c5cc6cccc7c6n5C56n8c3cc3cccc(c38)-c3cccc([n+]35)-c3cccc-7[n+]36)cc2)c2cc3cccc-4c3n21. The average Bonchev–Trinajstić information content (AvgIpc) is 4.28. The Bertz CT molecular complexity index is 4270. The first kappa shape index (κ1) is 33.4. The van der Waals surface area contributed by atoms with Gasteiger partial charge in [-0.05, 0) is 83.9 Å². The molecule has 8 nitrogen and oxygen atoms in total. The molecule has 0 fully saturated rings. The van der Waals surface area contributed by atoms with Gasteiger partial charge in [0.25, 0.3) is 22.8 Å². The fourth-order valence-corrected chi connectivity index (χ4v) is 16.1. The predicted octanol–water partition coefficient (Wildman–Crippen LogP) is 9.95. The van der Waals surface area contributed by atoms with Crippen molar-refractivity contribution in [2.45, 2.75) is 23.7 Å². The van der Waals surface area contributed by atoms with Gasteiger partial charge in [-0.3, -0.25) is 0 Å². The molecule has 0 N–H and O–H groups in total. The van der Waals surface area contributed by atoms with Crippen molar-refractivity contribution in [1.29, 1.82) is 0 Å². The van der Waals surface area contributed by atoms with Crippen molar-refractivity contribution in [3.05, 3.63) is 228 Å². The molecule has 21 rings (SSSR count). The van der Waals surface area contributed by atoms with Crippen LogP contribution < -0.4 is 18.3 Å². The molecule has 0 amide bonds. The van der Waals surface area contributed by atoms with Crippen LogP contribution in [-0.4, -0.2) is 18.3 Å². The van der Waals surface area contributed by atoms with Gasteiger partial charge in [-0.1, -0.05) is 91.1 Å². The van der Waals surface area contributed by atoms with Gasteiger partial charge < -0.3 is 0 Å². The lowest BCUT2D eigenvalue weighted by Crippen LogP contribution is -2.81. The van der Waals surface area contributed by atoms with E-state index in [0.717, 1.165) is 0 Å². The largest absolute Gasteiger partial charge is 0.553 e. The topological polar surface area (TPSA) is 35.2 Å². The fraction of sp³-hybridized carbons (Fsp3) is 0.0645. The quantitative estimate of drug-likeness (QED) is 0.155. The summed E-state index contributed by atoms with van der Waals surface area (Å²) in [6, 6.07) is 75.1. The van der Waals surface area contributed by atoms with Crippen LogP contribution in [0, 0.1) is 0 Å². The first-order chi connectivity index (χ1) is 34.7. The van der Waals surface area contributed by atoms with Crippen LogP contribution in [0.2, 0.25) is 0 Å². The highest BCUT2D eigenvalue weighted by Gasteiger charge is 2.75. The minimum absolute atomic E-state index is 0.0191. The molecule has 13 aromatic rings. The smallest absolute Gasteiger partial charge is 0.201 e. The monoisotopic (exact) mass is 890 g/mol. The van der Waals surface area contributed by atoms with Gasteiger partial charge in [0, 0.05) is 92.9 Å². The Labute approximate surface area is 397 Å². The summed E-state index contributed by atoms with van der Waals surface area (Å²) in [6.45, 7) is 0. The molecule has 0 saturated carbocycles. The zero-order chi connectivity index (χ0) is 44.4. The summed E-state index contributed by atoms with van der Waals surface area (Å²) in [7, 11) is 0. The van der Waals surface area contributed by atoms with E-state index in [1.807, 2.05) is 0 Å². The zero-order valence-electron chi connectivity index (χ0n) is 37.2. The molecule has 70 heavy (non-hydrogen) atoms. The lowest BCUT2D eigenvalue weighted by molar-refractivity contribution is -0.969. The summed E-state index contributed by atoms with van der Waals surface area (Å²) in [6.07, 6.45) is 0. The van der Waals surface area contributed by atoms with Crippen molar-refractivity contribution < 1.29 is 18.3 Å². The number of rotatable bonds is 2. The number of fused-ring (bicyclic) bond motifs is 6. The van der Waals surface area contributed by atoms with Gasteiger partial charge >= 0.3 is 11.8 Å². The highest BCUT2D eigenvalue weighted by Crippen LogP contribution is 2.57. The second kappa shape index (κ2) is 10.2. The third-order valence-corrected chi connectivity index (χ3v) is 18.2. The Kier molecular flexibility index (Phi) is 4.84. The Morgan fingerprint density at radius 3 is 0.786 bits per heavy atom. The maximum atomic E-state index is 2.73. The average molecular weight is 891 g/mol. The minimum atomic E-state index is -0.690. The van der Waals surface area contributed by atoms with E-state index in [-0.39, 0.29) is 11.8 Å². The Morgan fingerprint density at radius 1 is 0.271 bits per heavy atom. The van der Waals surface area contributed by atoms with Crippen LogP contribution in [0.5, 0.6) is 0 Å². The Morgan fingerprint density at radius 2 is 0.514 bits per heavy atom. The van der Waals surface area contributed by atoms with Gasteiger partial charge in [-0.25, -0.2) is 18.3 Å². The predicted molar refractivity (Wildman–Crippen MR) is 265 cm³/mol. The van der Waals surface area contributed by atoms with Crippen LogP contribution in [-0.2, 0) is 11.8 Å². The van der Waals surface area contributed by atoms with E-state index in [9.17, 15) is 0 Å². The number of para-hydroxylation sites is 4. The van der Waals surface area contributed by atoms with E-state index in [4.69, 9.17) is 0 Å². The van der Waals surface area contributed by atoms with E-state index in [1.165, 1.54) is 145 Å². The molecule has 8 aromatic heterocycles. The molecule has 8 aliphatic heterocycles. The maximum Gasteiger partial charge on any atom is 0.553 e. The van der Waals surface area contributed by atoms with Gasteiger partial charge in [0.1, 0.15) is 0 Å². The van der Waals surface area contributed by atoms with Crippen molar-refractivity contribution in [3.63, 3.8) is 0 Å². The van der Waals surface area contributed by atoms with Gasteiger partial charge in [0.2, 0.25) is 22.8 Å². The third kappa shape index (κ3) is 2.99. The number of aromatic nitrogens is 8. The highest BCUT2D eigenvalue weighted by atomic mass is 15.6. The molecule has 318 valence electrons. The standard InChI is InChI=1S/C62H34N8/c1-9-35-29-51-55(52-30-36-10-2-14-40-44-18-6-22-48-47-21-5-17-43-39(13-1)57(35)67(51)61(63(43)47,64(44)48)68(52)58(36)40)33-25-27-34(28-26-33)56-53-31-37-11-3-15-41-45-19-7-23-49-50-24-8-20-46-42-16-4-12-38-32-54(56)70(60(38)42)62(65(45)49,66(46)50)69(53)59(37)41/h1-32,55-56H/q+4. The van der Waals surface area contributed by atoms with Crippen LogP contribution in [0.15, 0.2) is 194 Å². The molecule has 0 aliphatic carbocycles. The van der Waals surface area contributed by atoms with Crippen LogP contribution in [0.3, 0.4) is 0 Å². The van der Waals surface area contributed by atoms with Gasteiger partial charge in [-0.15, -0.1) is 0 Å². The molecule has 8 heteroatoms. The lowest BCUT2D eigenvalue weighted by atomic mass is 9.86. The van der Waals surface area contributed by atoms with E-state index in [1.54, 1.807) is 0 Å². The van der Waals surface area contributed by atoms with Crippen molar-refractivity contribution >= 4 is 43.6 Å². The first-order valence-electron chi connectivity index (χ1n) is 24.7. The van der Waals surface area contributed by atoms with E-state index in [0.29, 0.717) is 0 Å². The van der Waals surface area contributed by atoms with Crippen molar-refractivity contribution in [2.24, 2.45) is 0 Å². The van der Waals surface area contributed by atoms with Crippen molar-refractivity contribution in [3.8, 4) is 67.8 Å². The summed E-state index contributed by atoms with van der Waals surface area (Å²) in [5, 5.41) is 5.12. The molecule has 0 atom stereocenters. The normalized spacial score (nSPS) is 17.5. The maximum absolute atomic E-state index is 2.73. The molecule has 0 unspecified atom stereocenters.